The number of hydrogen-bond donors (Lipinski definition) is 3. The monoisotopic (exact) mass is 235 g/mol. The van der Waals surface area contributed by atoms with Crippen molar-refractivity contribution in [3.63, 3.8) is 0 Å². The van der Waals surface area contributed by atoms with E-state index < -0.39 is 50.2 Å². The van der Waals surface area contributed by atoms with Crippen LogP contribution in [-0.4, -0.2) is 47.1 Å². The molecular weight excluding hydrogens is 226 g/mol. The van der Waals surface area contributed by atoms with Gasteiger partial charge in [-0.15, -0.1) is 0 Å². The third-order valence-corrected chi connectivity index (χ3v) is 5.38. The van der Waals surface area contributed by atoms with E-state index in [1.54, 1.807) is 0 Å². The maximum Gasteiger partial charge on any atom is 0.325 e. The van der Waals surface area contributed by atoms with Crippen LogP contribution in [0, 0.1) is 11.8 Å². The Morgan fingerprint density at radius 3 is 2.20 bits per heavy atom. The third-order valence-electron chi connectivity index (χ3n) is 3.09. The van der Waals surface area contributed by atoms with E-state index in [4.69, 9.17) is 15.9 Å². The number of carboxylic acids is 2. The Bertz CT molecular complexity index is 456. The summed E-state index contributed by atoms with van der Waals surface area (Å²) < 4.78 is 22.9. The summed E-state index contributed by atoms with van der Waals surface area (Å²) in [6.45, 7) is 0. The van der Waals surface area contributed by atoms with Crippen LogP contribution in [0.3, 0.4) is 0 Å². The number of hydrogen-bond acceptors (Lipinski definition) is 5. The van der Waals surface area contributed by atoms with Crippen LogP contribution in [0.5, 0.6) is 0 Å². The van der Waals surface area contributed by atoms with Crippen LogP contribution in [0.25, 0.3) is 0 Å². The quantitative estimate of drug-likeness (QED) is 0.498. The Morgan fingerprint density at radius 2 is 1.87 bits per heavy atom. The van der Waals surface area contributed by atoms with Gasteiger partial charge in [-0.3, -0.25) is 9.59 Å². The molecule has 0 aromatic carbocycles. The van der Waals surface area contributed by atoms with Gasteiger partial charge in [-0.2, -0.15) is 0 Å². The van der Waals surface area contributed by atoms with Crippen LogP contribution in [0.1, 0.15) is 0 Å². The van der Waals surface area contributed by atoms with E-state index in [0.29, 0.717) is 0 Å². The van der Waals surface area contributed by atoms with Gasteiger partial charge in [-0.1, -0.05) is 0 Å². The molecule has 2 rings (SSSR count). The lowest BCUT2D eigenvalue weighted by Crippen LogP contribution is -2.53. The molecule has 0 aromatic heterocycles. The van der Waals surface area contributed by atoms with Gasteiger partial charge < -0.3 is 15.9 Å². The lowest BCUT2D eigenvalue weighted by molar-refractivity contribution is -0.144. The summed E-state index contributed by atoms with van der Waals surface area (Å²) >= 11 is 0. The van der Waals surface area contributed by atoms with Crippen molar-refractivity contribution in [2.45, 2.75) is 10.8 Å². The summed E-state index contributed by atoms with van der Waals surface area (Å²) in [4.78, 5) is 21.5. The minimum atomic E-state index is -3.68. The van der Waals surface area contributed by atoms with Gasteiger partial charge in [0.1, 0.15) is 5.54 Å². The van der Waals surface area contributed by atoms with Gasteiger partial charge in [0.05, 0.1) is 16.9 Å². The van der Waals surface area contributed by atoms with Crippen molar-refractivity contribution in [3.8, 4) is 0 Å². The standard InChI is InChI=1S/C7H9NO6S/c8-7(6(11)12)1-15(13,14)4-2(3(4)7)5(9)10/h2-4H,1,8H2,(H,9,10)(H,11,12)/t2-,3?,4?,7+/m1/s1. The number of fused-ring (bicyclic) bond motifs is 1. The molecule has 4 N–H and O–H groups in total. The second kappa shape index (κ2) is 2.50. The maximum absolute atomic E-state index is 11.4. The molecule has 4 atom stereocenters. The zero-order valence-corrected chi connectivity index (χ0v) is 8.27. The van der Waals surface area contributed by atoms with Crippen molar-refractivity contribution >= 4 is 21.8 Å². The van der Waals surface area contributed by atoms with E-state index in [-0.39, 0.29) is 0 Å². The van der Waals surface area contributed by atoms with Crippen molar-refractivity contribution in [2.24, 2.45) is 17.6 Å². The Kier molecular flexibility index (Phi) is 1.73. The first-order valence-corrected chi connectivity index (χ1v) is 5.90. The number of rotatable bonds is 2. The second-order valence-electron chi connectivity index (χ2n) is 4.01. The Morgan fingerprint density at radius 1 is 1.33 bits per heavy atom. The number of nitrogens with two attached hydrogens (primary N) is 1. The first kappa shape index (κ1) is 10.4. The van der Waals surface area contributed by atoms with Gasteiger partial charge in [-0.25, -0.2) is 8.42 Å². The molecule has 2 aliphatic rings. The van der Waals surface area contributed by atoms with E-state index in [0.717, 1.165) is 0 Å². The molecule has 0 aromatic rings. The minimum absolute atomic E-state index is 0.672. The van der Waals surface area contributed by atoms with Gasteiger partial charge in [0.2, 0.25) is 0 Å². The van der Waals surface area contributed by atoms with Crippen molar-refractivity contribution in [2.75, 3.05) is 5.75 Å². The van der Waals surface area contributed by atoms with Gasteiger partial charge in [0.25, 0.3) is 0 Å². The summed E-state index contributed by atoms with van der Waals surface area (Å²) in [5.74, 6) is -5.58. The molecule has 1 saturated carbocycles. The van der Waals surface area contributed by atoms with Crippen LogP contribution in [-0.2, 0) is 19.4 Å². The first-order chi connectivity index (χ1) is 6.72. The molecule has 2 fully saturated rings. The van der Waals surface area contributed by atoms with Crippen molar-refractivity contribution in [1.29, 1.82) is 0 Å². The number of carboxylic acid groups (broad SMARTS) is 2. The normalized spacial score (nSPS) is 45.8. The molecule has 15 heavy (non-hydrogen) atoms. The fourth-order valence-electron chi connectivity index (χ4n) is 2.37. The van der Waals surface area contributed by atoms with Crippen molar-refractivity contribution in [3.05, 3.63) is 0 Å². The summed E-state index contributed by atoms with van der Waals surface area (Å²) in [5, 5.41) is 16.4. The SMILES string of the molecule is N[C@@]1(C(=O)O)CS(=O)(=O)C2C1[C@H]2C(=O)O. The molecule has 0 spiro atoms. The smallest absolute Gasteiger partial charge is 0.325 e. The van der Waals surface area contributed by atoms with Crippen molar-refractivity contribution < 1.29 is 28.2 Å². The highest BCUT2D eigenvalue weighted by Crippen LogP contribution is 2.56. The van der Waals surface area contributed by atoms with Crippen LogP contribution in [0.15, 0.2) is 0 Å². The lowest BCUT2D eigenvalue weighted by Gasteiger charge is -2.19. The number of carbonyl (C=O) groups is 2. The molecular formula is C7H9NO6S. The molecule has 8 heteroatoms. The van der Waals surface area contributed by atoms with Gasteiger partial charge in [0, 0.05) is 5.92 Å². The second-order valence-corrected chi connectivity index (χ2v) is 6.17. The predicted molar refractivity (Wildman–Crippen MR) is 46.7 cm³/mol. The summed E-state index contributed by atoms with van der Waals surface area (Å²) in [6, 6.07) is 0. The van der Waals surface area contributed by atoms with Crippen LogP contribution < -0.4 is 5.73 Å². The molecule has 0 amide bonds. The molecule has 0 radical (unpaired) electrons. The summed E-state index contributed by atoms with van der Waals surface area (Å²) in [6.07, 6.45) is 0. The average Bonchev–Trinajstić information content (AvgIpc) is 2.72. The molecule has 0 bridgehead atoms. The highest BCUT2D eigenvalue weighted by Gasteiger charge is 2.77. The highest BCUT2D eigenvalue weighted by molar-refractivity contribution is 7.92. The Hall–Kier alpha value is -1.15. The molecule has 1 aliphatic heterocycles. The molecule has 1 saturated heterocycles. The van der Waals surface area contributed by atoms with Gasteiger partial charge in [-0.05, 0) is 0 Å². The lowest BCUT2D eigenvalue weighted by atomic mass is 9.96. The van der Waals surface area contributed by atoms with E-state index in [1.807, 2.05) is 0 Å². The van der Waals surface area contributed by atoms with Gasteiger partial charge in [0.15, 0.2) is 9.84 Å². The number of sulfone groups is 1. The number of aliphatic carboxylic acids is 2. The zero-order valence-electron chi connectivity index (χ0n) is 7.45. The predicted octanol–water partition coefficient (Wildman–Crippen LogP) is -2.10. The third kappa shape index (κ3) is 1.11. The first-order valence-electron chi connectivity index (χ1n) is 4.18. The summed E-state index contributed by atoms with van der Waals surface area (Å²) in [7, 11) is -3.68. The van der Waals surface area contributed by atoms with Crippen LogP contribution >= 0.6 is 0 Å². The summed E-state index contributed by atoms with van der Waals surface area (Å²) in [5.41, 5.74) is 3.51. The van der Waals surface area contributed by atoms with E-state index in [1.165, 1.54) is 0 Å². The largest absolute Gasteiger partial charge is 0.481 e. The maximum atomic E-state index is 11.4. The molecule has 84 valence electrons. The fourth-order valence-corrected chi connectivity index (χ4v) is 5.04. The molecule has 1 aliphatic carbocycles. The Labute approximate surface area is 84.8 Å². The molecule has 1 heterocycles. The van der Waals surface area contributed by atoms with E-state index in [9.17, 15) is 18.0 Å². The Balaban J connectivity index is 2.44. The molecule has 2 unspecified atom stereocenters. The van der Waals surface area contributed by atoms with Crippen LogP contribution in [0.4, 0.5) is 0 Å². The van der Waals surface area contributed by atoms with Gasteiger partial charge >= 0.3 is 11.9 Å². The average molecular weight is 235 g/mol. The zero-order chi connectivity index (χ0) is 11.6. The van der Waals surface area contributed by atoms with E-state index in [2.05, 4.69) is 0 Å². The van der Waals surface area contributed by atoms with Crippen molar-refractivity contribution in [1.82, 2.24) is 0 Å². The fraction of sp³-hybridized carbons (Fsp3) is 0.714. The van der Waals surface area contributed by atoms with Crippen LogP contribution in [0.2, 0.25) is 0 Å². The highest BCUT2D eigenvalue weighted by atomic mass is 32.2. The van der Waals surface area contributed by atoms with E-state index >= 15 is 0 Å². The minimum Gasteiger partial charge on any atom is -0.481 e. The molecule has 7 nitrogen and oxygen atoms in total. The topological polar surface area (TPSA) is 135 Å².